The minimum atomic E-state index is -4.32. The Bertz CT molecular complexity index is 834. The Morgan fingerprint density at radius 2 is 1.71 bits per heavy atom. The van der Waals surface area contributed by atoms with Crippen molar-refractivity contribution >= 4 is 27.7 Å². The lowest BCUT2D eigenvalue weighted by molar-refractivity contribution is -0.137. The van der Waals surface area contributed by atoms with E-state index in [-0.39, 0.29) is 0 Å². The molecule has 0 amide bonds. The van der Waals surface area contributed by atoms with Crippen molar-refractivity contribution in [3.8, 4) is 11.5 Å². The maximum atomic E-state index is 12.5. The number of hydrogen-bond donors (Lipinski definition) is 0. The van der Waals surface area contributed by atoms with Crippen LogP contribution in [0.5, 0.6) is 0 Å². The summed E-state index contributed by atoms with van der Waals surface area (Å²) in [6.07, 6.45) is -4.32. The predicted molar refractivity (Wildman–Crippen MR) is 88.4 cm³/mol. The minimum Gasteiger partial charge on any atom is -0.411 e. The maximum Gasteiger partial charge on any atom is 0.416 e. The van der Waals surface area contributed by atoms with E-state index in [0.717, 1.165) is 27.7 Å². The summed E-state index contributed by atoms with van der Waals surface area (Å²) in [5.41, 5.74) is 0.866. The molecule has 0 unspecified atom stereocenters. The average molecular weight is 415 g/mol. The van der Waals surface area contributed by atoms with Crippen LogP contribution in [-0.4, -0.2) is 10.2 Å². The molecule has 0 fully saturated rings. The van der Waals surface area contributed by atoms with Crippen molar-refractivity contribution < 1.29 is 17.6 Å². The molecule has 0 aliphatic rings. The highest BCUT2D eigenvalue weighted by Gasteiger charge is 2.29. The second kappa shape index (κ2) is 6.98. The van der Waals surface area contributed by atoms with Crippen molar-refractivity contribution in [2.75, 3.05) is 0 Å². The molecule has 8 heteroatoms. The van der Waals surface area contributed by atoms with Gasteiger partial charge in [0.2, 0.25) is 5.89 Å². The van der Waals surface area contributed by atoms with Crippen molar-refractivity contribution in [1.29, 1.82) is 0 Å². The Hall–Kier alpha value is -1.80. The Morgan fingerprint density at radius 1 is 1.00 bits per heavy atom. The largest absolute Gasteiger partial charge is 0.416 e. The van der Waals surface area contributed by atoms with Crippen molar-refractivity contribution in [1.82, 2.24) is 10.2 Å². The zero-order chi connectivity index (χ0) is 17.2. The number of rotatable bonds is 4. The third-order valence-electron chi connectivity index (χ3n) is 3.15. The summed E-state index contributed by atoms with van der Waals surface area (Å²) >= 11 is 4.69. The summed E-state index contributed by atoms with van der Waals surface area (Å²) in [4.78, 5) is 0. The third kappa shape index (κ3) is 3.99. The second-order valence-corrected chi connectivity index (χ2v) is 6.62. The van der Waals surface area contributed by atoms with Crippen LogP contribution in [0.15, 0.2) is 62.6 Å². The Balaban J connectivity index is 1.67. The first-order valence-electron chi connectivity index (χ1n) is 6.81. The van der Waals surface area contributed by atoms with Gasteiger partial charge in [-0.15, -0.1) is 10.2 Å². The van der Waals surface area contributed by atoms with E-state index in [1.165, 1.54) is 23.9 Å². The van der Waals surface area contributed by atoms with Gasteiger partial charge in [0.1, 0.15) is 0 Å². The van der Waals surface area contributed by atoms with Gasteiger partial charge in [-0.05, 0) is 45.8 Å². The number of halogens is 4. The SMILES string of the molecule is FC(F)(F)c1ccc(CSc2nnc(-c3ccccc3Br)o2)cc1. The topological polar surface area (TPSA) is 38.9 Å². The van der Waals surface area contributed by atoms with Gasteiger partial charge in [-0.25, -0.2) is 0 Å². The normalized spacial score (nSPS) is 11.7. The van der Waals surface area contributed by atoms with Gasteiger partial charge in [0, 0.05) is 10.2 Å². The zero-order valence-corrected chi connectivity index (χ0v) is 14.5. The molecule has 3 nitrogen and oxygen atoms in total. The molecule has 24 heavy (non-hydrogen) atoms. The van der Waals surface area contributed by atoms with Gasteiger partial charge < -0.3 is 4.42 Å². The average Bonchev–Trinajstić information content (AvgIpc) is 3.02. The number of hydrogen-bond acceptors (Lipinski definition) is 4. The van der Waals surface area contributed by atoms with Gasteiger partial charge >= 0.3 is 6.18 Å². The molecule has 0 saturated heterocycles. The van der Waals surface area contributed by atoms with E-state index in [1.807, 2.05) is 24.3 Å². The summed E-state index contributed by atoms with van der Waals surface area (Å²) in [7, 11) is 0. The Labute approximate surface area is 148 Å². The van der Waals surface area contributed by atoms with Crippen LogP contribution in [0.3, 0.4) is 0 Å². The van der Waals surface area contributed by atoms with Crippen molar-refractivity contribution in [3.05, 3.63) is 64.1 Å². The molecule has 0 aliphatic heterocycles. The van der Waals surface area contributed by atoms with Crippen LogP contribution < -0.4 is 0 Å². The predicted octanol–water partition coefficient (Wildman–Crippen LogP) is 5.81. The Morgan fingerprint density at radius 3 is 2.38 bits per heavy atom. The van der Waals surface area contributed by atoms with Gasteiger partial charge in [-0.1, -0.05) is 36.0 Å². The fourth-order valence-electron chi connectivity index (χ4n) is 1.95. The molecular formula is C16H10BrF3N2OS. The molecule has 0 radical (unpaired) electrons. The molecule has 124 valence electrons. The van der Waals surface area contributed by atoms with Crippen LogP contribution in [0, 0.1) is 0 Å². The fraction of sp³-hybridized carbons (Fsp3) is 0.125. The van der Waals surface area contributed by atoms with Gasteiger partial charge in [-0.3, -0.25) is 0 Å². The van der Waals surface area contributed by atoms with Crippen LogP contribution in [0.2, 0.25) is 0 Å². The van der Waals surface area contributed by atoms with Gasteiger partial charge in [0.15, 0.2) is 0 Å². The number of benzene rings is 2. The molecule has 0 N–H and O–H groups in total. The van der Waals surface area contributed by atoms with E-state index >= 15 is 0 Å². The first-order valence-corrected chi connectivity index (χ1v) is 8.59. The summed E-state index contributed by atoms with van der Waals surface area (Å²) in [5.74, 6) is 0.827. The molecule has 3 rings (SSSR count). The van der Waals surface area contributed by atoms with E-state index in [2.05, 4.69) is 26.1 Å². The fourth-order valence-corrected chi connectivity index (χ4v) is 3.12. The monoisotopic (exact) mass is 414 g/mol. The van der Waals surface area contributed by atoms with Crippen LogP contribution in [0.4, 0.5) is 13.2 Å². The summed E-state index contributed by atoms with van der Waals surface area (Å²) in [6.45, 7) is 0. The number of nitrogens with zero attached hydrogens (tertiary/aromatic N) is 2. The molecule has 0 aliphatic carbocycles. The number of alkyl halides is 3. The van der Waals surface area contributed by atoms with Crippen molar-refractivity contribution in [2.45, 2.75) is 17.2 Å². The van der Waals surface area contributed by atoms with E-state index in [1.54, 1.807) is 0 Å². The lowest BCUT2D eigenvalue weighted by atomic mass is 10.1. The van der Waals surface area contributed by atoms with E-state index in [4.69, 9.17) is 4.42 Å². The maximum absolute atomic E-state index is 12.5. The highest BCUT2D eigenvalue weighted by molar-refractivity contribution is 9.10. The Kier molecular flexibility index (Phi) is 4.96. The van der Waals surface area contributed by atoms with E-state index < -0.39 is 11.7 Å². The standard InChI is InChI=1S/C16H10BrF3N2OS/c17-13-4-2-1-3-12(13)14-21-22-15(23-14)24-9-10-5-7-11(8-6-10)16(18,19)20/h1-8H,9H2. The molecule has 3 aromatic rings. The number of thioether (sulfide) groups is 1. The van der Waals surface area contributed by atoms with Crippen LogP contribution in [-0.2, 0) is 11.9 Å². The third-order valence-corrected chi connectivity index (χ3v) is 4.74. The first-order chi connectivity index (χ1) is 11.4. The zero-order valence-electron chi connectivity index (χ0n) is 12.0. The molecule has 0 saturated carbocycles. The molecule has 2 aromatic carbocycles. The number of aromatic nitrogens is 2. The molecular weight excluding hydrogens is 405 g/mol. The molecule has 1 aromatic heterocycles. The lowest BCUT2D eigenvalue weighted by Gasteiger charge is -2.06. The van der Waals surface area contributed by atoms with Gasteiger partial charge in [0.05, 0.1) is 11.1 Å². The minimum absolute atomic E-state index is 0.362. The van der Waals surface area contributed by atoms with E-state index in [0.29, 0.717) is 16.9 Å². The highest BCUT2D eigenvalue weighted by atomic mass is 79.9. The molecule has 0 atom stereocenters. The summed E-state index contributed by atoms with van der Waals surface area (Å²) in [6, 6.07) is 12.5. The van der Waals surface area contributed by atoms with Gasteiger partial charge in [-0.2, -0.15) is 13.2 Å². The van der Waals surface area contributed by atoms with Crippen LogP contribution in [0.25, 0.3) is 11.5 Å². The lowest BCUT2D eigenvalue weighted by Crippen LogP contribution is -2.04. The molecule has 0 spiro atoms. The van der Waals surface area contributed by atoms with Crippen LogP contribution in [0.1, 0.15) is 11.1 Å². The van der Waals surface area contributed by atoms with Gasteiger partial charge in [0.25, 0.3) is 5.22 Å². The summed E-state index contributed by atoms with van der Waals surface area (Å²) in [5, 5.41) is 8.30. The molecule has 0 bridgehead atoms. The van der Waals surface area contributed by atoms with Crippen molar-refractivity contribution in [2.24, 2.45) is 0 Å². The first kappa shape index (κ1) is 17.0. The summed E-state index contributed by atoms with van der Waals surface area (Å²) < 4.78 is 44.0. The molecule has 1 heterocycles. The van der Waals surface area contributed by atoms with E-state index in [9.17, 15) is 13.2 Å². The van der Waals surface area contributed by atoms with Crippen molar-refractivity contribution in [3.63, 3.8) is 0 Å². The highest BCUT2D eigenvalue weighted by Crippen LogP contribution is 2.32. The smallest absolute Gasteiger partial charge is 0.411 e. The second-order valence-electron chi connectivity index (χ2n) is 4.84. The van der Waals surface area contributed by atoms with Crippen LogP contribution >= 0.6 is 27.7 Å². The quantitative estimate of drug-likeness (QED) is 0.504.